The van der Waals surface area contributed by atoms with Gasteiger partial charge in [0.15, 0.2) is 5.69 Å². The molecule has 0 saturated carbocycles. The molecule has 4 nitrogen and oxygen atoms in total. The zero-order chi connectivity index (χ0) is 24.8. The Morgan fingerprint density at radius 1 is 0.758 bits per heavy atom. The van der Waals surface area contributed by atoms with Crippen molar-refractivity contribution in [2.24, 2.45) is 0 Å². The highest BCUT2D eigenvalue weighted by Gasteiger charge is 2.39. The maximum Gasteiger partial charge on any atom is 0.433 e. The Balaban J connectivity index is 2.25. The first kappa shape index (κ1) is 24.1. The molecule has 0 atom stereocenters. The van der Waals surface area contributed by atoms with Crippen molar-refractivity contribution >= 4 is 11.6 Å². The number of aromatic nitrogens is 2. The van der Waals surface area contributed by atoms with E-state index in [1.54, 1.807) is 0 Å². The standard InChI is InChI=1S/C19H9F10N3O/c20-10-2-4-11(5-3-10)32-15(33)8-14(19(27,28)29)31-16(32)30-13-6-1-9(17(21,22)23)7-12(13)18(24,25)26/h1-8H,(H,30,31). The molecule has 1 aromatic heterocycles. The number of hydrogen-bond acceptors (Lipinski definition) is 3. The average Bonchev–Trinajstić information content (AvgIpc) is 2.66. The van der Waals surface area contributed by atoms with Crippen molar-refractivity contribution in [2.75, 3.05) is 5.32 Å². The van der Waals surface area contributed by atoms with Crippen LogP contribution in [0.25, 0.3) is 5.69 Å². The molecular weight excluding hydrogens is 476 g/mol. The van der Waals surface area contributed by atoms with Crippen LogP contribution < -0.4 is 10.9 Å². The van der Waals surface area contributed by atoms with E-state index in [-0.39, 0.29) is 23.9 Å². The summed E-state index contributed by atoms with van der Waals surface area (Å²) in [5.74, 6) is -1.88. The average molecular weight is 485 g/mol. The van der Waals surface area contributed by atoms with Crippen molar-refractivity contribution < 1.29 is 43.9 Å². The molecule has 0 bridgehead atoms. The van der Waals surface area contributed by atoms with Gasteiger partial charge in [-0.25, -0.2) is 13.9 Å². The molecule has 33 heavy (non-hydrogen) atoms. The highest BCUT2D eigenvalue weighted by Crippen LogP contribution is 2.40. The van der Waals surface area contributed by atoms with Gasteiger partial charge in [-0.3, -0.25) is 4.79 Å². The molecular formula is C19H9F10N3O. The van der Waals surface area contributed by atoms with Gasteiger partial charge < -0.3 is 5.32 Å². The molecule has 1 N–H and O–H groups in total. The van der Waals surface area contributed by atoms with Gasteiger partial charge in [0.1, 0.15) is 5.82 Å². The molecule has 0 aliphatic rings. The Morgan fingerprint density at radius 3 is 1.88 bits per heavy atom. The van der Waals surface area contributed by atoms with Crippen LogP contribution in [0, 0.1) is 5.82 Å². The highest BCUT2D eigenvalue weighted by atomic mass is 19.4. The van der Waals surface area contributed by atoms with E-state index >= 15 is 0 Å². The molecule has 0 radical (unpaired) electrons. The molecule has 176 valence electrons. The summed E-state index contributed by atoms with van der Waals surface area (Å²) in [5, 5.41) is 1.86. The first-order chi connectivity index (χ1) is 15.1. The summed E-state index contributed by atoms with van der Waals surface area (Å²) in [5.41, 5.74) is -8.06. The zero-order valence-electron chi connectivity index (χ0n) is 15.7. The van der Waals surface area contributed by atoms with Crippen molar-refractivity contribution in [3.8, 4) is 5.69 Å². The fraction of sp³-hybridized carbons (Fsp3) is 0.158. The first-order valence-electron chi connectivity index (χ1n) is 8.60. The third kappa shape index (κ3) is 5.26. The van der Waals surface area contributed by atoms with Gasteiger partial charge in [-0.15, -0.1) is 0 Å². The summed E-state index contributed by atoms with van der Waals surface area (Å²) < 4.78 is 132. The zero-order valence-corrected chi connectivity index (χ0v) is 15.7. The van der Waals surface area contributed by atoms with Crippen LogP contribution in [0.2, 0.25) is 0 Å². The van der Waals surface area contributed by atoms with Crippen LogP contribution in [-0.2, 0) is 18.5 Å². The summed E-state index contributed by atoms with van der Waals surface area (Å²) in [6.45, 7) is 0. The number of anilines is 2. The van der Waals surface area contributed by atoms with Crippen molar-refractivity contribution in [1.82, 2.24) is 9.55 Å². The third-order valence-corrected chi connectivity index (χ3v) is 4.19. The summed E-state index contributed by atoms with van der Waals surface area (Å²) in [4.78, 5) is 15.5. The topological polar surface area (TPSA) is 46.9 Å². The van der Waals surface area contributed by atoms with Gasteiger partial charge in [0.05, 0.1) is 22.5 Å². The van der Waals surface area contributed by atoms with E-state index in [2.05, 4.69) is 4.98 Å². The molecule has 0 spiro atoms. The lowest BCUT2D eigenvalue weighted by molar-refractivity contribution is -0.143. The minimum Gasteiger partial charge on any atom is -0.325 e. The first-order valence-corrected chi connectivity index (χ1v) is 8.60. The number of benzene rings is 2. The molecule has 0 aliphatic heterocycles. The summed E-state index contributed by atoms with van der Waals surface area (Å²) in [7, 11) is 0. The van der Waals surface area contributed by atoms with Gasteiger partial charge in [0.2, 0.25) is 5.95 Å². The predicted octanol–water partition coefficient (Wildman–Crippen LogP) is 6.17. The summed E-state index contributed by atoms with van der Waals surface area (Å²) in [6, 6.07) is 3.95. The maximum absolute atomic E-state index is 13.4. The molecule has 0 amide bonds. The second kappa shape index (κ2) is 8.08. The van der Waals surface area contributed by atoms with E-state index in [9.17, 15) is 48.7 Å². The number of alkyl halides is 9. The minimum atomic E-state index is -5.35. The summed E-state index contributed by atoms with van der Waals surface area (Å²) >= 11 is 0. The van der Waals surface area contributed by atoms with Crippen LogP contribution >= 0.6 is 0 Å². The molecule has 0 fully saturated rings. The molecule has 1 heterocycles. The SMILES string of the molecule is O=c1cc(C(F)(F)F)nc(Nc2ccc(C(F)(F)F)cc2C(F)(F)F)n1-c1ccc(F)cc1. The lowest BCUT2D eigenvalue weighted by Crippen LogP contribution is -2.26. The molecule has 14 heteroatoms. The van der Waals surface area contributed by atoms with E-state index in [1.807, 2.05) is 5.32 Å². The molecule has 0 saturated heterocycles. The van der Waals surface area contributed by atoms with Crippen LogP contribution in [0.5, 0.6) is 0 Å². The molecule has 2 aromatic carbocycles. The van der Waals surface area contributed by atoms with E-state index in [1.165, 1.54) is 0 Å². The fourth-order valence-corrected chi connectivity index (χ4v) is 2.74. The smallest absolute Gasteiger partial charge is 0.325 e. The number of hydrogen-bond donors (Lipinski definition) is 1. The van der Waals surface area contributed by atoms with Crippen molar-refractivity contribution in [3.63, 3.8) is 0 Å². The minimum absolute atomic E-state index is 0.0615. The van der Waals surface area contributed by atoms with E-state index in [4.69, 9.17) is 0 Å². The maximum atomic E-state index is 13.4. The third-order valence-electron chi connectivity index (χ3n) is 4.19. The van der Waals surface area contributed by atoms with Gasteiger partial charge in [-0.1, -0.05) is 0 Å². The normalized spacial score (nSPS) is 12.7. The monoisotopic (exact) mass is 485 g/mol. The van der Waals surface area contributed by atoms with Gasteiger partial charge in [0.25, 0.3) is 5.56 Å². The largest absolute Gasteiger partial charge is 0.433 e. The Morgan fingerprint density at radius 2 is 1.36 bits per heavy atom. The Kier molecular flexibility index (Phi) is 5.89. The second-order valence-corrected chi connectivity index (χ2v) is 6.49. The Bertz CT molecular complexity index is 1230. The highest BCUT2D eigenvalue weighted by molar-refractivity contribution is 5.62. The van der Waals surface area contributed by atoms with Crippen LogP contribution in [0.3, 0.4) is 0 Å². The van der Waals surface area contributed by atoms with Crippen LogP contribution in [0.4, 0.5) is 55.5 Å². The van der Waals surface area contributed by atoms with Gasteiger partial charge in [0, 0.05) is 6.07 Å². The number of halogens is 10. The lowest BCUT2D eigenvalue weighted by atomic mass is 10.1. The fourth-order valence-electron chi connectivity index (χ4n) is 2.74. The summed E-state index contributed by atoms with van der Waals surface area (Å²) in [6.07, 6.45) is -15.7. The Hall–Kier alpha value is -3.58. The van der Waals surface area contributed by atoms with Crippen LogP contribution in [0.1, 0.15) is 16.8 Å². The van der Waals surface area contributed by atoms with Crippen LogP contribution in [-0.4, -0.2) is 9.55 Å². The van der Waals surface area contributed by atoms with E-state index in [0.717, 1.165) is 24.3 Å². The van der Waals surface area contributed by atoms with Gasteiger partial charge in [-0.05, 0) is 42.5 Å². The number of nitrogens with one attached hydrogen (secondary N) is 1. The van der Waals surface area contributed by atoms with Crippen molar-refractivity contribution in [2.45, 2.75) is 18.5 Å². The Labute approximate surface area is 177 Å². The number of nitrogens with zero attached hydrogens (tertiary/aromatic N) is 2. The van der Waals surface area contributed by atoms with E-state index in [0.29, 0.717) is 10.6 Å². The van der Waals surface area contributed by atoms with Gasteiger partial charge in [-0.2, -0.15) is 39.5 Å². The van der Waals surface area contributed by atoms with Gasteiger partial charge >= 0.3 is 18.5 Å². The molecule has 3 rings (SSSR count). The predicted molar refractivity (Wildman–Crippen MR) is 94.5 cm³/mol. The number of rotatable bonds is 3. The van der Waals surface area contributed by atoms with E-state index < -0.39 is 58.4 Å². The van der Waals surface area contributed by atoms with Crippen molar-refractivity contribution in [1.29, 1.82) is 0 Å². The molecule has 0 unspecified atom stereocenters. The van der Waals surface area contributed by atoms with Crippen LogP contribution in [0.15, 0.2) is 53.3 Å². The molecule has 0 aliphatic carbocycles. The quantitative estimate of drug-likeness (QED) is 0.452. The second-order valence-electron chi connectivity index (χ2n) is 6.49. The molecule has 3 aromatic rings. The lowest BCUT2D eigenvalue weighted by Gasteiger charge is -2.19. The van der Waals surface area contributed by atoms with Crippen molar-refractivity contribution in [3.05, 3.63) is 81.5 Å².